The Balaban J connectivity index is 1.50. The van der Waals surface area contributed by atoms with E-state index < -0.39 is 0 Å². The molecular weight excluding hydrogens is 370 g/mol. The maximum Gasteiger partial charge on any atom is 0.241 e. The zero-order valence-electron chi connectivity index (χ0n) is 17.6. The number of carbonyl (C=O) groups excluding carboxylic acids is 1. The molecule has 1 amide bonds. The second-order valence-corrected chi connectivity index (χ2v) is 7.76. The van der Waals surface area contributed by atoms with E-state index in [1.807, 2.05) is 38.4 Å². The van der Waals surface area contributed by atoms with Gasteiger partial charge in [-0.15, -0.1) is 0 Å². The van der Waals surface area contributed by atoms with Crippen molar-refractivity contribution >= 4 is 5.91 Å². The van der Waals surface area contributed by atoms with E-state index in [0.717, 1.165) is 56.8 Å². The van der Waals surface area contributed by atoms with Crippen LogP contribution < -0.4 is 10.1 Å². The molecule has 3 rings (SSSR count). The highest BCUT2D eigenvalue weighted by Gasteiger charge is 2.26. The van der Waals surface area contributed by atoms with Crippen LogP contribution >= 0.6 is 0 Å². The number of rotatable bonds is 9. The Hall–Kier alpha value is -2.45. The molecule has 1 aromatic heterocycles. The van der Waals surface area contributed by atoms with Crippen molar-refractivity contribution in [2.24, 2.45) is 5.92 Å². The number of ether oxygens (including phenoxy) is 1. The fourth-order valence-corrected chi connectivity index (χ4v) is 3.53. The molecule has 1 aromatic carbocycles. The van der Waals surface area contributed by atoms with Crippen LogP contribution in [0.2, 0.25) is 0 Å². The van der Waals surface area contributed by atoms with Gasteiger partial charge in [0.1, 0.15) is 5.75 Å². The molecule has 1 unspecified atom stereocenters. The lowest BCUT2D eigenvalue weighted by atomic mass is 9.97. The van der Waals surface area contributed by atoms with Gasteiger partial charge in [-0.2, -0.15) is 4.98 Å². The Morgan fingerprint density at radius 2 is 2.14 bits per heavy atom. The molecule has 1 N–H and O–H groups in total. The average molecular weight is 402 g/mol. The predicted octanol–water partition coefficient (Wildman–Crippen LogP) is 2.03. The maximum atomic E-state index is 12.5. The minimum atomic E-state index is 0.0205. The highest BCUT2D eigenvalue weighted by molar-refractivity contribution is 5.78. The fraction of sp³-hybridized carbons (Fsp3) is 0.571. The first-order valence-electron chi connectivity index (χ1n) is 10.2. The third-order valence-corrected chi connectivity index (χ3v) is 5.13. The van der Waals surface area contributed by atoms with Crippen LogP contribution in [0.5, 0.6) is 5.75 Å². The van der Waals surface area contributed by atoms with Crippen molar-refractivity contribution in [1.29, 1.82) is 0 Å². The molecule has 0 aliphatic carbocycles. The third-order valence-electron chi connectivity index (χ3n) is 5.13. The van der Waals surface area contributed by atoms with Crippen molar-refractivity contribution in [3.05, 3.63) is 30.2 Å². The van der Waals surface area contributed by atoms with E-state index in [2.05, 4.69) is 25.3 Å². The van der Waals surface area contributed by atoms with E-state index >= 15 is 0 Å². The van der Waals surface area contributed by atoms with Crippen LogP contribution in [0.4, 0.5) is 0 Å². The van der Waals surface area contributed by atoms with E-state index in [0.29, 0.717) is 18.3 Å². The number of carbonyl (C=O) groups is 1. The van der Waals surface area contributed by atoms with Crippen LogP contribution in [0.15, 0.2) is 28.8 Å². The highest BCUT2D eigenvalue weighted by atomic mass is 16.5. The van der Waals surface area contributed by atoms with Gasteiger partial charge in [-0.25, -0.2) is 0 Å². The molecular formula is C21H31N5O3. The summed E-state index contributed by atoms with van der Waals surface area (Å²) in [5.74, 6) is 2.10. The molecule has 0 bridgehead atoms. The predicted molar refractivity (Wildman–Crippen MR) is 110 cm³/mol. The molecule has 29 heavy (non-hydrogen) atoms. The van der Waals surface area contributed by atoms with Crippen LogP contribution in [-0.2, 0) is 11.3 Å². The fourth-order valence-electron chi connectivity index (χ4n) is 3.53. The summed E-state index contributed by atoms with van der Waals surface area (Å²) in [4.78, 5) is 21.3. The van der Waals surface area contributed by atoms with E-state index in [-0.39, 0.29) is 11.8 Å². The van der Waals surface area contributed by atoms with Crippen molar-refractivity contribution in [2.75, 3.05) is 47.4 Å². The number of amides is 1. The lowest BCUT2D eigenvalue weighted by molar-refractivity contribution is -0.126. The summed E-state index contributed by atoms with van der Waals surface area (Å²) in [5.41, 5.74) is 0.884. The van der Waals surface area contributed by atoms with Crippen LogP contribution in [0.1, 0.15) is 25.2 Å². The van der Waals surface area contributed by atoms with E-state index in [4.69, 9.17) is 9.26 Å². The number of nitrogens with zero attached hydrogens (tertiary/aromatic N) is 4. The maximum absolute atomic E-state index is 12.5. The Morgan fingerprint density at radius 3 is 2.86 bits per heavy atom. The quantitative estimate of drug-likeness (QED) is 0.644. The lowest BCUT2D eigenvalue weighted by Gasteiger charge is -2.30. The first-order chi connectivity index (χ1) is 14.0. The number of aromatic nitrogens is 2. The van der Waals surface area contributed by atoms with E-state index in [1.165, 1.54) is 0 Å². The van der Waals surface area contributed by atoms with Gasteiger partial charge in [0.15, 0.2) is 0 Å². The molecule has 1 saturated heterocycles. The van der Waals surface area contributed by atoms with Crippen LogP contribution in [0, 0.1) is 5.92 Å². The van der Waals surface area contributed by atoms with E-state index in [9.17, 15) is 4.79 Å². The minimum absolute atomic E-state index is 0.0205. The van der Waals surface area contributed by atoms with Gasteiger partial charge in [0.25, 0.3) is 0 Å². The van der Waals surface area contributed by atoms with Gasteiger partial charge in [0.2, 0.25) is 17.6 Å². The molecule has 1 aliphatic rings. The van der Waals surface area contributed by atoms with Gasteiger partial charge in [0, 0.05) is 18.7 Å². The summed E-state index contributed by atoms with van der Waals surface area (Å²) in [6, 6.07) is 7.56. The first-order valence-corrected chi connectivity index (χ1v) is 10.2. The largest absolute Gasteiger partial charge is 0.497 e. The molecule has 8 nitrogen and oxygen atoms in total. The van der Waals surface area contributed by atoms with Crippen LogP contribution in [0.25, 0.3) is 11.4 Å². The van der Waals surface area contributed by atoms with Crippen molar-refractivity contribution in [3.8, 4) is 17.1 Å². The lowest BCUT2D eigenvalue weighted by Crippen LogP contribution is -2.43. The second kappa shape index (κ2) is 10.4. The molecule has 8 heteroatoms. The number of methoxy groups -OCH3 is 1. The standard InChI is InChI=1S/C21H31N5O3/c1-25(2)12-5-11-22-21(27)17-6-4-13-26(14-17)15-19-23-20(24-29-19)16-7-9-18(28-3)10-8-16/h7-10,17H,4-6,11-15H2,1-3H3,(H,22,27). The summed E-state index contributed by atoms with van der Waals surface area (Å²) in [6.45, 7) is 3.92. The van der Waals surface area contributed by atoms with Crippen molar-refractivity contribution in [2.45, 2.75) is 25.8 Å². The molecule has 2 heterocycles. The highest BCUT2D eigenvalue weighted by Crippen LogP contribution is 2.22. The smallest absolute Gasteiger partial charge is 0.241 e. The van der Waals surface area contributed by atoms with Crippen molar-refractivity contribution in [3.63, 3.8) is 0 Å². The van der Waals surface area contributed by atoms with Gasteiger partial charge < -0.3 is 19.5 Å². The number of piperidine rings is 1. The van der Waals surface area contributed by atoms with E-state index in [1.54, 1.807) is 7.11 Å². The molecule has 158 valence electrons. The molecule has 1 aliphatic heterocycles. The Morgan fingerprint density at radius 1 is 1.34 bits per heavy atom. The normalized spacial score (nSPS) is 17.4. The second-order valence-electron chi connectivity index (χ2n) is 7.76. The first kappa shape index (κ1) is 21.3. The number of likely N-dealkylation sites (tertiary alicyclic amines) is 1. The Bertz CT molecular complexity index is 775. The van der Waals surface area contributed by atoms with Crippen molar-refractivity contribution in [1.82, 2.24) is 25.3 Å². The van der Waals surface area contributed by atoms with Crippen molar-refractivity contribution < 1.29 is 14.1 Å². The van der Waals surface area contributed by atoms with Crippen LogP contribution in [-0.4, -0.2) is 73.2 Å². The summed E-state index contributed by atoms with van der Waals surface area (Å²) in [7, 11) is 5.72. The molecule has 0 saturated carbocycles. The van der Waals surface area contributed by atoms with Gasteiger partial charge in [0.05, 0.1) is 19.6 Å². The minimum Gasteiger partial charge on any atom is -0.497 e. The molecule has 0 spiro atoms. The summed E-state index contributed by atoms with van der Waals surface area (Å²) in [6.07, 6.45) is 2.89. The van der Waals surface area contributed by atoms with Gasteiger partial charge in [-0.05, 0) is 70.7 Å². The SMILES string of the molecule is COc1ccc(-c2noc(CN3CCCC(C(=O)NCCCN(C)C)C3)n2)cc1. The third kappa shape index (κ3) is 6.27. The number of hydrogen-bond donors (Lipinski definition) is 1. The monoisotopic (exact) mass is 401 g/mol. The van der Waals surface area contributed by atoms with Gasteiger partial charge >= 0.3 is 0 Å². The molecule has 1 fully saturated rings. The van der Waals surface area contributed by atoms with Gasteiger partial charge in [-0.1, -0.05) is 5.16 Å². The summed E-state index contributed by atoms with van der Waals surface area (Å²) in [5, 5.41) is 7.16. The average Bonchev–Trinajstić information content (AvgIpc) is 3.19. The molecule has 1 atom stereocenters. The Kier molecular flexibility index (Phi) is 7.60. The number of nitrogens with one attached hydrogen (secondary N) is 1. The molecule has 0 radical (unpaired) electrons. The zero-order chi connectivity index (χ0) is 20.6. The Labute approximate surface area is 172 Å². The van der Waals surface area contributed by atoms with Gasteiger partial charge in [-0.3, -0.25) is 9.69 Å². The van der Waals surface area contributed by atoms with Crippen LogP contribution in [0.3, 0.4) is 0 Å². The topological polar surface area (TPSA) is 83.7 Å². The summed E-state index contributed by atoms with van der Waals surface area (Å²) < 4.78 is 10.6. The number of benzene rings is 1. The molecule has 2 aromatic rings. The zero-order valence-corrected chi connectivity index (χ0v) is 17.6. The number of hydrogen-bond acceptors (Lipinski definition) is 7. The summed E-state index contributed by atoms with van der Waals surface area (Å²) >= 11 is 0.